The summed E-state index contributed by atoms with van der Waals surface area (Å²) in [4.78, 5) is 7.28. The topological polar surface area (TPSA) is 76.6 Å². The summed E-state index contributed by atoms with van der Waals surface area (Å²) in [5, 5.41) is 23.2. The number of benzene rings is 1. The molecular weight excluding hydrogens is 350 g/mol. The summed E-state index contributed by atoms with van der Waals surface area (Å²) in [6.45, 7) is 5.86. The Kier molecular flexibility index (Phi) is 4.04. The fourth-order valence-corrected chi connectivity index (χ4v) is 4.72. The Balaban J connectivity index is 1.79. The number of hydrogen-bond donors (Lipinski definition) is 2. The Morgan fingerprint density at radius 3 is 2.79 bits per heavy atom. The number of nitriles is 1. The van der Waals surface area contributed by atoms with Gasteiger partial charge in [-0.25, -0.2) is 4.98 Å². The van der Waals surface area contributed by atoms with E-state index in [9.17, 15) is 10.4 Å². The largest absolute Gasteiger partial charge is 0.396 e. The van der Waals surface area contributed by atoms with Gasteiger partial charge in [-0.3, -0.25) is 4.40 Å². The molecule has 0 unspecified atom stereocenters. The van der Waals surface area contributed by atoms with Gasteiger partial charge in [0.2, 0.25) is 0 Å². The molecule has 2 N–H and O–H groups in total. The molecule has 1 saturated heterocycles. The van der Waals surface area contributed by atoms with Crippen molar-refractivity contribution in [3.63, 3.8) is 0 Å². The van der Waals surface area contributed by atoms with E-state index >= 15 is 0 Å². The Labute approximate surface area is 164 Å². The number of para-hydroxylation sites is 2. The first kappa shape index (κ1) is 17.5. The molecule has 4 heterocycles. The summed E-state index contributed by atoms with van der Waals surface area (Å²) in [5.41, 5.74) is 5.84. The number of aliphatic hydroxyl groups is 1. The second-order valence-corrected chi connectivity index (χ2v) is 8.41. The van der Waals surface area contributed by atoms with Crippen LogP contribution in [0.15, 0.2) is 24.3 Å². The molecule has 6 heteroatoms. The minimum absolute atomic E-state index is 0.00245. The molecule has 28 heavy (non-hydrogen) atoms. The number of nitrogens with zero attached hydrogens (tertiary/aromatic N) is 4. The fraction of sp³-hybridized carbons (Fsp3) is 0.455. The van der Waals surface area contributed by atoms with Crippen molar-refractivity contribution in [2.24, 2.45) is 5.41 Å². The lowest BCUT2D eigenvalue weighted by Crippen LogP contribution is -2.42. The molecule has 0 amide bonds. The number of imidazole rings is 1. The predicted octanol–water partition coefficient (Wildman–Crippen LogP) is 2.60. The van der Waals surface area contributed by atoms with Gasteiger partial charge in [0, 0.05) is 31.8 Å². The summed E-state index contributed by atoms with van der Waals surface area (Å²) >= 11 is 0. The van der Waals surface area contributed by atoms with Crippen molar-refractivity contribution in [1.29, 1.82) is 5.26 Å². The molecule has 2 aliphatic heterocycles. The molecule has 0 bridgehead atoms. The molecule has 6 nitrogen and oxygen atoms in total. The SMILES string of the molecule is CC1(CO)CCN(c2c3c(c(C#N)c4nc5ccccc5n24)CCNC3)CC1. The van der Waals surface area contributed by atoms with E-state index in [0.717, 1.165) is 67.7 Å². The summed E-state index contributed by atoms with van der Waals surface area (Å²) < 4.78 is 2.20. The predicted molar refractivity (Wildman–Crippen MR) is 109 cm³/mol. The average Bonchev–Trinajstić information content (AvgIpc) is 3.12. The molecule has 0 aliphatic carbocycles. The molecular formula is C22H25N5O. The number of anilines is 1. The summed E-state index contributed by atoms with van der Waals surface area (Å²) in [6, 6.07) is 10.6. The first-order chi connectivity index (χ1) is 13.6. The maximum Gasteiger partial charge on any atom is 0.157 e. The Hall–Kier alpha value is -2.62. The van der Waals surface area contributed by atoms with Gasteiger partial charge in [0.15, 0.2) is 5.65 Å². The van der Waals surface area contributed by atoms with E-state index in [1.807, 2.05) is 18.2 Å². The molecule has 2 aliphatic rings. The van der Waals surface area contributed by atoms with Gasteiger partial charge in [-0.15, -0.1) is 0 Å². The van der Waals surface area contributed by atoms with E-state index in [1.54, 1.807) is 0 Å². The van der Waals surface area contributed by atoms with Gasteiger partial charge in [0.25, 0.3) is 0 Å². The smallest absolute Gasteiger partial charge is 0.157 e. The van der Waals surface area contributed by atoms with Crippen LogP contribution in [0.3, 0.4) is 0 Å². The number of aliphatic hydroxyl groups excluding tert-OH is 1. The highest BCUT2D eigenvalue weighted by molar-refractivity contribution is 5.86. The zero-order valence-electron chi connectivity index (χ0n) is 16.2. The quantitative estimate of drug-likeness (QED) is 0.720. The van der Waals surface area contributed by atoms with Gasteiger partial charge in [0.1, 0.15) is 11.9 Å². The zero-order chi connectivity index (χ0) is 19.3. The number of rotatable bonds is 2. The van der Waals surface area contributed by atoms with E-state index in [1.165, 1.54) is 11.4 Å². The normalized spacial score (nSPS) is 19.0. The van der Waals surface area contributed by atoms with Crippen molar-refractivity contribution >= 4 is 22.5 Å². The Bertz CT molecular complexity index is 1100. The Morgan fingerprint density at radius 1 is 1.25 bits per heavy atom. The summed E-state index contributed by atoms with van der Waals surface area (Å²) in [7, 11) is 0. The fourth-order valence-electron chi connectivity index (χ4n) is 4.72. The van der Waals surface area contributed by atoms with Gasteiger partial charge in [-0.05, 0) is 48.9 Å². The van der Waals surface area contributed by atoms with E-state index in [-0.39, 0.29) is 12.0 Å². The first-order valence-corrected chi connectivity index (χ1v) is 10.1. The van der Waals surface area contributed by atoms with Crippen molar-refractivity contribution in [3.05, 3.63) is 41.0 Å². The van der Waals surface area contributed by atoms with Crippen LogP contribution in [0.2, 0.25) is 0 Å². The second-order valence-electron chi connectivity index (χ2n) is 8.41. The number of fused-ring (bicyclic) bond motifs is 4. The van der Waals surface area contributed by atoms with E-state index in [2.05, 4.69) is 33.7 Å². The van der Waals surface area contributed by atoms with Gasteiger partial charge in [-0.2, -0.15) is 5.26 Å². The lowest BCUT2D eigenvalue weighted by Gasteiger charge is -2.41. The van der Waals surface area contributed by atoms with Crippen LogP contribution >= 0.6 is 0 Å². The standard InChI is InChI=1S/C22H25N5O/c1-22(14-28)7-10-26(11-8-22)21-17-13-24-9-6-15(17)16(12-23)20-25-18-4-2-3-5-19(18)27(20)21/h2-5,24,28H,6-11,13-14H2,1H3. The van der Waals surface area contributed by atoms with Crippen molar-refractivity contribution in [1.82, 2.24) is 14.7 Å². The third-order valence-electron chi connectivity index (χ3n) is 6.55. The van der Waals surface area contributed by atoms with E-state index in [4.69, 9.17) is 4.98 Å². The van der Waals surface area contributed by atoms with Crippen molar-refractivity contribution in [2.45, 2.75) is 32.7 Å². The van der Waals surface area contributed by atoms with E-state index < -0.39 is 0 Å². The number of aromatic nitrogens is 2. The van der Waals surface area contributed by atoms with Crippen LogP contribution in [0.4, 0.5) is 5.82 Å². The molecule has 2 aromatic heterocycles. The summed E-state index contributed by atoms with van der Waals surface area (Å²) in [6.07, 6.45) is 2.77. The van der Waals surface area contributed by atoms with Crippen LogP contribution in [0.5, 0.6) is 0 Å². The number of piperidine rings is 1. The highest BCUT2D eigenvalue weighted by atomic mass is 16.3. The van der Waals surface area contributed by atoms with Crippen LogP contribution in [0, 0.1) is 16.7 Å². The third kappa shape index (κ3) is 2.50. The van der Waals surface area contributed by atoms with Crippen molar-refractivity contribution in [2.75, 3.05) is 31.1 Å². The molecule has 0 radical (unpaired) electrons. The average molecular weight is 375 g/mol. The molecule has 0 spiro atoms. The zero-order valence-corrected chi connectivity index (χ0v) is 16.2. The first-order valence-electron chi connectivity index (χ1n) is 10.1. The van der Waals surface area contributed by atoms with Crippen LogP contribution in [-0.2, 0) is 13.0 Å². The highest BCUT2D eigenvalue weighted by Gasteiger charge is 2.33. The molecule has 1 fully saturated rings. The maximum absolute atomic E-state index is 9.95. The minimum atomic E-state index is -0.00245. The summed E-state index contributed by atoms with van der Waals surface area (Å²) in [5.74, 6) is 1.17. The lowest BCUT2D eigenvalue weighted by molar-refractivity contribution is 0.114. The molecule has 5 rings (SSSR count). The van der Waals surface area contributed by atoms with E-state index in [0.29, 0.717) is 5.56 Å². The second kappa shape index (κ2) is 6.47. The van der Waals surface area contributed by atoms with Crippen LogP contribution < -0.4 is 10.2 Å². The minimum Gasteiger partial charge on any atom is -0.396 e. The van der Waals surface area contributed by atoms with Crippen molar-refractivity contribution in [3.8, 4) is 6.07 Å². The molecule has 144 valence electrons. The van der Waals surface area contributed by atoms with Crippen LogP contribution in [0.1, 0.15) is 36.5 Å². The molecule has 0 atom stereocenters. The number of hydrogen-bond acceptors (Lipinski definition) is 5. The lowest BCUT2D eigenvalue weighted by atomic mass is 9.81. The highest BCUT2D eigenvalue weighted by Crippen LogP contribution is 2.38. The number of pyridine rings is 1. The van der Waals surface area contributed by atoms with Crippen LogP contribution in [0.25, 0.3) is 16.7 Å². The molecule has 1 aromatic carbocycles. The van der Waals surface area contributed by atoms with Crippen LogP contribution in [-0.4, -0.2) is 40.7 Å². The van der Waals surface area contributed by atoms with Gasteiger partial charge in [0.05, 0.1) is 16.6 Å². The van der Waals surface area contributed by atoms with Crippen molar-refractivity contribution < 1.29 is 5.11 Å². The molecule has 0 saturated carbocycles. The monoisotopic (exact) mass is 375 g/mol. The van der Waals surface area contributed by atoms with Gasteiger partial charge >= 0.3 is 0 Å². The molecule has 3 aromatic rings. The maximum atomic E-state index is 9.95. The van der Waals surface area contributed by atoms with Gasteiger partial charge < -0.3 is 15.3 Å². The Morgan fingerprint density at radius 2 is 2.04 bits per heavy atom. The third-order valence-corrected chi connectivity index (χ3v) is 6.55. The number of nitrogens with one attached hydrogen (secondary N) is 1. The van der Waals surface area contributed by atoms with Gasteiger partial charge in [-0.1, -0.05) is 19.1 Å².